The maximum absolute atomic E-state index is 12.9. The van der Waals surface area contributed by atoms with Crippen LogP contribution in [0.2, 0.25) is 0 Å². The molecular weight excluding hydrogens is 326 g/mol. The zero-order valence-corrected chi connectivity index (χ0v) is 11.1. The second-order valence-corrected chi connectivity index (χ2v) is 4.57. The van der Waals surface area contributed by atoms with Gasteiger partial charge in [-0.1, -0.05) is 36.1 Å². The van der Waals surface area contributed by atoms with Gasteiger partial charge in [0.2, 0.25) is 0 Å². The molecule has 0 radical (unpaired) electrons. The number of halogens is 6. The van der Waals surface area contributed by atoms with Gasteiger partial charge in [0.15, 0.2) is 0 Å². The number of hydrogen-bond donors (Lipinski definition) is 0. The number of alkyl halides is 6. The fourth-order valence-corrected chi connectivity index (χ4v) is 2.04. The van der Waals surface area contributed by atoms with E-state index in [1.807, 2.05) is 0 Å². The van der Waals surface area contributed by atoms with Gasteiger partial charge in [-0.25, -0.2) is 0 Å². The molecule has 0 fully saturated rings. The molecule has 0 spiro atoms. The monoisotopic (exact) mass is 333 g/mol. The molecule has 23 heavy (non-hydrogen) atoms. The van der Waals surface area contributed by atoms with Gasteiger partial charge in [0, 0.05) is 0 Å². The standard InChI is InChI=1S/C15H8F6O2/c16-14(17,18)11-6-5-10(8-3-1-2-4-9(8)11)12(22)7-13(23)15(19,20)21/h1-7,22H/p-1/b12-7-. The summed E-state index contributed by atoms with van der Waals surface area (Å²) < 4.78 is 75.3. The Balaban J connectivity index is 2.65. The van der Waals surface area contributed by atoms with Crippen molar-refractivity contribution in [2.24, 2.45) is 0 Å². The highest BCUT2D eigenvalue weighted by molar-refractivity contribution is 6.02. The third-order valence-corrected chi connectivity index (χ3v) is 3.04. The summed E-state index contributed by atoms with van der Waals surface area (Å²) in [6.07, 6.45) is -10.1. The first-order valence-corrected chi connectivity index (χ1v) is 6.11. The van der Waals surface area contributed by atoms with Crippen molar-refractivity contribution >= 4 is 22.3 Å². The van der Waals surface area contributed by atoms with E-state index in [1.165, 1.54) is 18.2 Å². The first-order chi connectivity index (χ1) is 10.5. The van der Waals surface area contributed by atoms with E-state index in [-0.39, 0.29) is 16.8 Å². The highest BCUT2D eigenvalue weighted by Gasteiger charge is 2.36. The summed E-state index contributed by atoms with van der Waals surface area (Å²) in [4.78, 5) is 10.8. The van der Waals surface area contributed by atoms with Gasteiger partial charge < -0.3 is 5.11 Å². The molecule has 2 rings (SSSR count). The topological polar surface area (TPSA) is 40.1 Å². The summed E-state index contributed by atoms with van der Waals surface area (Å²) in [7, 11) is 0. The summed E-state index contributed by atoms with van der Waals surface area (Å²) >= 11 is 0. The summed E-state index contributed by atoms with van der Waals surface area (Å²) in [5.74, 6) is -3.68. The van der Waals surface area contributed by atoms with E-state index in [9.17, 15) is 36.2 Å². The molecule has 0 N–H and O–H groups in total. The van der Waals surface area contributed by atoms with Gasteiger partial charge in [-0.15, -0.1) is 0 Å². The molecule has 2 aromatic rings. The Bertz CT molecular complexity index is 787. The van der Waals surface area contributed by atoms with E-state index in [0.29, 0.717) is 6.07 Å². The number of ketones is 1. The lowest BCUT2D eigenvalue weighted by atomic mass is 9.97. The Morgan fingerprint density at radius 1 is 0.913 bits per heavy atom. The number of hydrogen-bond acceptors (Lipinski definition) is 2. The Morgan fingerprint density at radius 2 is 1.48 bits per heavy atom. The molecule has 0 aromatic heterocycles. The largest absolute Gasteiger partial charge is 0.872 e. The smallest absolute Gasteiger partial charge is 0.454 e. The summed E-state index contributed by atoms with van der Waals surface area (Å²) in [6, 6.07) is 6.26. The lowest BCUT2D eigenvalue weighted by Gasteiger charge is -2.18. The van der Waals surface area contributed by atoms with Crippen LogP contribution in [0.4, 0.5) is 26.3 Å². The van der Waals surface area contributed by atoms with Crippen molar-refractivity contribution < 1.29 is 36.2 Å². The predicted octanol–water partition coefficient (Wildman–Crippen LogP) is 3.69. The first-order valence-electron chi connectivity index (χ1n) is 6.11. The quantitative estimate of drug-likeness (QED) is 0.478. The SMILES string of the molecule is O=C(/C=C(\[O-])c1ccc(C(F)(F)F)c2ccccc12)C(F)(F)F. The minimum absolute atomic E-state index is 0.172. The molecule has 0 atom stereocenters. The Morgan fingerprint density at radius 3 is 2.00 bits per heavy atom. The van der Waals surface area contributed by atoms with Crippen molar-refractivity contribution in [2.45, 2.75) is 12.4 Å². The van der Waals surface area contributed by atoms with E-state index < -0.39 is 35.0 Å². The Kier molecular flexibility index (Phi) is 4.10. The van der Waals surface area contributed by atoms with Crippen LogP contribution in [0.3, 0.4) is 0 Å². The van der Waals surface area contributed by atoms with Crippen LogP contribution < -0.4 is 5.11 Å². The predicted molar refractivity (Wildman–Crippen MR) is 68.0 cm³/mol. The fourth-order valence-electron chi connectivity index (χ4n) is 2.04. The van der Waals surface area contributed by atoms with Crippen LogP contribution in [-0.2, 0) is 11.0 Å². The molecule has 0 heterocycles. The van der Waals surface area contributed by atoms with Crippen LogP contribution in [0.5, 0.6) is 0 Å². The van der Waals surface area contributed by atoms with Crippen molar-refractivity contribution in [3.63, 3.8) is 0 Å². The van der Waals surface area contributed by atoms with Gasteiger partial charge in [-0.05, 0) is 28.5 Å². The molecule has 0 saturated heterocycles. The third kappa shape index (κ3) is 3.46. The number of fused-ring (bicyclic) bond motifs is 1. The fraction of sp³-hybridized carbons (Fsp3) is 0.133. The third-order valence-electron chi connectivity index (χ3n) is 3.04. The second kappa shape index (κ2) is 5.60. The molecule has 8 heteroatoms. The number of carbonyl (C=O) groups is 1. The average Bonchev–Trinajstić information content (AvgIpc) is 2.43. The van der Waals surface area contributed by atoms with E-state index in [4.69, 9.17) is 0 Å². The Hall–Kier alpha value is -2.51. The lowest BCUT2D eigenvalue weighted by molar-refractivity contribution is -0.244. The molecule has 0 saturated carbocycles. The van der Waals surface area contributed by atoms with Gasteiger partial charge in [0.1, 0.15) is 0 Å². The second-order valence-electron chi connectivity index (χ2n) is 4.57. The van der Waals surface area contributed by atoms with Gasteiger partial charge in [-0.3, -0.25) is 4.79 Å². The highest BCUT2D eigenvalue weighted by atomic mass is 19.4. The average molecular weight is 333 g/mol. The maximum atomic E-state index is 12.9. The summed E-state index contributed by atoms with van der Waals surface area (Å²) in [5.41, 5.74) is -1.43. The number of allylic oxidation sites excluding steroid dienone is 1. The lowest BCUT2D eigenvalue weighted by Crippen LogP contribution is -2.22. The van der Waals surface area contributed by atoms with E-state index >= 15 is 0 Å². The zero-order chi connectivity index (χ0) is 17.4. The molecule has 2 nitrogen and oxygen atoms in total. The van der Waals surface area contributed by atoms with Crippen molar-refractivity contribution in [2.75, 3.05) is 0 Å². The van der Waals surface area contributed by atoms with Crippen LogP contribution in [0.25, 0.3) is 16.5 Å². The minimum Gasteiger partial charge on any atom is -0.872 e. The Labute approximate surface area is 125 Å². The molecule has 2 aromatic carbocycles. The van der Waals surface area contributed by atoms with Gasteiger partial charge in [0.05, 0.1) is 5.56 Å². The van der Waals surface area contributed by atoms with Crippen LogP contribution in [0, 0.1) is 0 Å². The van der Waals surface area contributed by atoms with Crippen LogP contribution in [0.1, 0.15) is 11.1 Å². The summed E-state index contributed by atoms with van der Waals surface area (Å²) in [6.45, 7) is 0. The number of rotatable bonds is 2. The number of carbonyl (C=O) groups excluding carboxylic acids is 1. The van der Waals surface area contributed by atoms with E-state index in [2.05, 4.69) is 0 Å². The summed E-state index contributed by atoms with van der Waals surface area (Å²) in [5, 5.41) is 11.3. The molecule has 0 unspecified atom stereocenters. The van der Waals surface area contributed by atoms with Crippen molar-refractivity contribution in [1.29, 1.82) is 0 Å². The molecule has 0 aliphatic heterocycles. The highest BCUT2D eigenvalue weighted by Crippen LogP contribution is 2.37. The van der Waals surface area contributed by atoms with Crippen molar-refractivity contribution in [3.8, 4) is 0 Å². The minimum atomic E-state index is -5.22. The van der Waals surface area contributed by atoms with Crippen molar-refractivity contribution in [3.05, 3.63) is 53.6 Å². The molecular formula is C15H7F6O2-. The maximum Gasteiger partial charge on any atom is 0.454 e. The van der Waals surface area contributed by atoms with E-state index in [1.54, 1.807) is 0 Å². The zero-order valence-electron chi connectivity index (χ0n) is 11.1. The number of benzene rings is 2. The van der Waals surface area contributed by atoms with E-state index in [0.717, 1.165) is 12.1 Å². The normalized spacial score (nSPS) is 13.4. The molecule has 122 valence electrons. The van der Waals surface area contributed by atoms with Crippen LogP contribution in [-0.4, -0.2) is 12.0 Å². The first kappa shape index (κ1) is 16.9. The molecule has 0 bridgehead atoms. The van der Waals surface area contributed by atoms with Gasteiger partial charge >= 0.3 is 12.4 Å². The molecule has 0 amide bonds. The van der Waals surface area contributed by atoms with Crippen LogP contribution in [0.15, 0.2) is 42.5 Å². The van der Waals surface area contributed by atoms with Crippen LogP contribution >= 0.6 is 0 Å². The van der Waals surface area contributed by atoms with Gasteiger partial charge in [0.25, 0.3) is 5.78 Å². The van der Waals surface area contributed by atoms with Crippen molar-refractivity contribution in [1.82, 2.24) is 0 Å². The molecule has 0 aliphatic carbocycles. The molecule has 0 aliphatic rings. The van der Waals surface area contributed by atoms with Gasteiger partial charge in [-0.2, -0.15) is 26.3 Å².